The Morgan fingerprint density at radius 2 is 2.12 bits per heavy atom. The Morgan fingerprint density at radius 1 is 1.47 bits per heavy atom. The second kappa shape index (κ2) is 5.86. The summed E-state index contributed by atoms with van der Waals surface area (Å²) in [6.45, 7) is 0. The van der Waals surface area contributed by atoms with E-state index in [1.54, 1.807) is 0 Å². The van der Waals surface area contributed by atoms with E-state index in [9.17, 15) is 20.1 Å². The number of benzene rings is 1. The van der Waals surface area contributed by atoms with Gasteiger partial charge in [0.2, 0.25) is 0 Å². The van der Waals surface area contributed by atoms with E-state index in [0.29, 0.717) is 0 Å². The van der Waals surface area contributed by atoms with Crippen LogP contribution in [0.3, 0.4) is 0 Å². The van der Waals surface area contributed by atoms with Crippen LogP contribution in [0.5, 0.6) is 5.75 Å². The number of methoxy groups -OCH3 is 1. The molecular formula is C11H13ClO5. The molecule has 1 aromatic carbocycles. The van der Waals surface area contributed by atoms with Gasteiger partial charge in [0.05, 0.1) is 19.1 Å². The van der Waals surface area contributed by atoms with Crippen molar-refractivity contribution in [2.45, 2.75) is 12.2 Å². The first-order valence-corrected chi connectivity index (χ1v) is 5.38. The number of esters is 1. The predicted molar refractivity (Wildman–Crippen MR) is 61.1 cm³/mol. The van der Waals surface area contributed by atoms with E-state index in [1.165, 1.54) is 25.3 Å². The van der Waals surface area contributed by atoms with Crippen LogP contribution in [0.25, 0.3) is 0 Å². The van der Waals surface area contributed by atoms with Crippen LogP contribution in [-0.4, -0.2) is 40.4 Å². The average Bonchev–Trinajstić information content (AvgIpc) is 2.36. The van der Waals surface area contributed by atoms with Gasteiger partial charge in [0.1, 0.15) is 17.4 Å². The van der Waals surface area contributed by atoms with E-state index in [1.807, 2.05) is 0 Å². The first-order valence-electron chi connectivity index (χ1n) is 4.84. The molecule has 2 atom stereocenters. The Morgan fingerprint density at radius 3 is 2.65 bits per heavy atom. The van der Waals surface area contributed by atoms with Crippen molar-refractivity contribution in [2.24, 2.45) is 0 Å². The van der Waals surface area contributed by atoms with Gasteiger partial charge in [-0.2, -0.15) is 0 Å². The molecule has 1 aromatic rings. The molecule has 6 heteroatoms. The Hall–Kier alpha value is -1.30. The van der Waals surface area contributed by atoms with E-state index in [2.05, 4.69) is 4.74 Å². The number of halogens is 1. The first-order chi connectivity index (χ1) is 8.01. The number of aromatic hydroxyl groups is 1. The maximum absolute atomic E-state index is 11.3. The molecule has 0 saturated heterocycles. The number of hydrogen-bond donors (Lipinski definition) is 3. The minimum Gasteiger partial charge on any atom is -0.507 e. The molecule has 3 N–H and O–H groups in total. The molecule has 0 radical (unpaired) electrons. The number of aliphatic hydroxyl groups excluding tert-OH is 2. The Balaban J connectivity index is 3.08. The fourth-order valence-electron chi connectivity index (χ4n) is 1.32. The molecule has 5 nitrogen and oxygen atoms in total. The maximum Gasteiger partial charge on any atom is 0.341 e. The molecule has 0 aliphatic carbocycles. The standard InChI is InChI=1S/C11H13ClO5/c1-17-11(16)7-4-6(2-3-8(7)13)10(15)9(14)5-12/h2-4,9-10,13-15H,5H2,1H3. The van der Waals surface area contributed by atoms with Gasteiger partial charge < -0.3 is 20.1 Å². The minimum atomic E-state index is -1.23. The molecule has 0 saturated carbocycles. The van der Waals surface area contributed by atoms with Gasteiger partial charge in [0, 0.05) is 0 Å². The van der Waals surface area contributed by atoms with Crippen molar-refractivity contribution in [1.29, 1.82) is 0 Å². The molecular weight excluding hydrogens is 248 g/mol. The highest BCUT2D eigenvalue weighted by Crippen LogP contribution is 2.25. The average molecular weight is 261 g/mol. The fraction of sp³-hybridized carbons (Fsp3) is 0.364. The van der Waals surface area contributed by atoms with E-state index in [4.69, 9.17) is 11.6 Å². The van der Waals surface area contributed by atoms with Crippen molar-refractivity contribution in [1.82, 2.24) is 0 Å². The number of hydrogen-bond acceptors (Lipinski definition) is 5. The largest absolute Gasteiger partial charge is 0.507 e. The van der Waals surface area contributed by atoms with Crippen LogP contribution in [0.2, 0.25) is 0 Å². The van der Waals surface area contributed by atoms with E-state index >= 15 is 0 Å². The lowest BCUT2D eigenvalue weighted by Crippen LogP contribution is -2.20. The van der Waals surface area contributed by atoms with Gasteiger partial charge in [-0.05, 0) is 17.7 Å². The zero-order valence-corrected chi connectivity index (χ0v) is 9.89. The van der Waals surface area contributed by atoms with Crippen molar-refractivity contribution >= 4 is 17.6 Å². The molecule has 0 aliphatic rings. The Bertz CT molecular complexity index is 407. The van der Waals surface area contributed by atoms with Gasteiger partial charge in [-0.3, -0.25) is 0 Å². The van der Waals surface area contributed by atoms with Crippen LogP contribution in [0, 0.1) is 0 Å². The lowest BCUT2D eigenvalue weighted by molar-refractivity contribution is 0.0325. The van der Waals surface area contributed by atoms with Crippen LogP contribution in [0.4, 0.5) is 0 Å². The smallest absolute Gasteiger partial charge is 0.341 e. The second-order valence-electron chi connectivity index (χ2n) is 3.43. The second-order valence-corrected chi connectivity index (χ2v) is 3.74. The van der Waals surface area contributed by atoms with Crippen LogP contribution >= 0.6 is 11.6 Å². The lowest BCUT2D eigenvalue weighted by atomic mass is 10.0. The summed E-state index contributed by atoms with van der Waals surface area (Å²) in [5.41, 5.74) is 0.196. The van der Waals surface area contributed by atoms with Crippen LogP contribution in [0.15, 0.2) is 18.2 Å². The highest BCUT2D eigenvalue weighted by molar-refractivity contribution is 6.18. The number of aliphatic hydroxyl groups is 2. The number of ether oxygens (including phenoxy) is 1. The lowest BCUT2D eigenvalue weighted by Gasteiger charge is -2.16. The van der Waals surface area contributed by atoms with Crippen molar-refractivity contribution in [2.75, 3.05) is 13.0 Å². The SMILES string of the molecule is COC(=O)c1cc(C(O)C(O)CCl)ccc1O. The molecule has 94 valence electrons. The number of carbonyl (C=O) groups is 1. The third-order valence-corrected chi connectivity index (χ3v) is 2.61. The van der Waals surface area contributed by atoms with Gasteiger partial charge in [-0.15, -0.1) is 11.6 Å². The predicted octanol–water partition coefficient (Wildman–Crippen LogP) is 0.812. The first kappa shape index (κ1) is 13.8. The molecule has 2 unspecified atom stereocenters. The highest BCUT2D eigenvalue weighted by atomic mass is 35.5. The fourth-order valence-corrected chi connectivity index (χ4v) is 1.49. The van der Waals surface area contributed by atoms with Gasteiger partial charge in [-0.1, -0.05) is 6.07 Å². The van der Waals surface area contributed by atoms with E-state index in [0.717, 1.165) is 0 Å². The van der Waals surface area contributed by atoms with Crippen molar-refractivity contribution < 1.29 is 24.9 Å². The minimum absolute atomic E-state index is 0.0779. The highest BCUT2D eigenvalue weighted by Gasteiger charge is 2.20. The monoisotopic (exact) mass is 260 g/mol. The maximum atomic E-state index is 11.3. The summed E-state index contributed by atoms with van der Waals surface area (Å²) < 4.78 is 4.47. The molecule has 0 bridgehead atoms. The van der Waals surface area contributed by atoms with E-state index in [-0.39, 0.29) is 22.8 Å². The number of phenols is 1. The van der Waals surface area contributed by atoms with Crippen molar-refractivity contribution in [3.63, 3.8) is 0 Å². The molecule has 1 rings (SSSR count). The van der Waals surface area contributed by atoms with Crippen LogP contribution in [0.1, 0.15) is 22.0 Å². The quantitative estimate of drug-likeness (QED) is 0.551. The topological polar surface area (TPSA) is 87.0 Å². The summed E-state index contributed by atoms with van der Waals surface area (Å²) in [6.07, 6.45) is -2.37. The zero-order chi connectivity index (χ0) is 13.0. The number of alkyl halides is 1. The summed E-state index contributed by atoms with van der Waals surface area (Å²) >= 11 is 5.41. The summed E-state index contributed by atoms with van der Waals surface area (Å²) in [6, 6.07) is 3.88. The summed E-state index contributed by atoms with van der Waals surface area (Å²) in [5.74, 6) is -1.12. The van der Waals surface area contributed by atoms with Gasteiger partial charge in [-0.25, -0.2) is 4.79 Å². The van der Waals surface area contributed by atoms with Crippen molar-refractivity contribution in [3.8, 4) is 5.75 Å². The third-order valence-electron chi connectivity index (χ3n) is 2.29. The summed E-state index contributed by atoms with van der Waals surface area (Å²) in [5, 5.41) is 28.5. The molecule has 0 aromatic heterocycles. The van der Waals surface area contributed by atoms with Gasteiger partial charge in [0.15, 0.2) is 0 Å². The third kappa shape index (κ3) is 3.09. The van der Waals surface area contributed by atoms with Crippen LogP contribution < -0.4 is 0 Å². The Kier molecular flexibility index (Phi) is 4.74. The van der Waals surface area contributed by atoms with Crippen molar-refractivity contribution in [3.05, 3.63) is 29.3 Å². The molecule has 17 heavy (non-hydrogen) atoms. The van der Waals surface area contributed by atoms with E-state index < -0.39 is 18.2 Å². The number of carbonyl (C=O) groups excluding carboxylic acids is 1. The molecule has 0 amide bonds. The Labute approximate surface area is 103 Å². The molecule has 0 heterocycles. The summed E-state index contributed by atoms with van der Waals surface area (Å²) in [7, 11) is 1.18. The normalized spacial score (nSPS) is 14.1. The molecule has 0 spiro atoms. The number of phenolic OH excluding ortho intramolecular Hbond substituents is 1. The molecule has 0 fully saturated rings. The number of rotatable bonds is 4. The van der Waals surface area contributed by atoms with Crippen LogP contribution in [-0.2, 0) is 4.74 Å². The zero-order valence-electron chi connectivity index (χ0n) is 9.13. The summed E-state index contributed by atoms with van der Waals surface area (Å²) in [4.78, 5) is 11.3. The van der Waals surface area contributed by atoms with Gasteiger partial charge in [0.25, 0.3) is 0 Å². The van der Waals surface area contributed by atoms with Gasteiger partial charge >= 0.3 is 5.97 Å². The molecule has 0 aliphatic heterocycles.